The second kappa shape index (κ2) is 12.4. The van der Waals surface area contributed by atoms with E-state index in [2.05, 4.69) is 174 Å². The van der Waals surface area contributed by atoms with Crippen LogP contribution in [-0.4, -0.2) is 10.4 Å². The molecule has 12 rings (SSSR count). The number of nitrogens with zero attached hydrogens (tertiary/aromatic N) is 1. The third-order valence-electron chi connectivity index (χ3n) is 11.8. The van der Waals surface area contributed by atoms with Crippen molar-refractivity contribution < 1.29 is 0 Å². The average molecular weight is 744 g/mol. The lowest BCUT2D eigenvalue weighted by Crippen LogP contribution is -2.17. The number of fused-ring (bicyclic) bond motifs is 14. The van der Waals surface area contributed by atoms with Crippen molar-refractivity contribution in [3.8, 4) is 11.1 Å². The minimum absolute atomic E-state index is 0.469. The molecule has 0 saturated carbocycles. The van der Waals surface area contributed by atoms with Gasteiger partial charge in [0.05, 0.1) is 22.4 Å². The van der Waals surface area contributed by atoms with Gasteiger partial charge in [0.1, 0.15) is 0 Å². The maximum Gasteiger partial charge on any atom is 0.0794 e. The van der Waals surface area contributed by atoms with Crippen molar-refractivity contribution in [2.75, 3.05) is 5.43 Å². The van der Waals surface area contributed by atoms with Crippen LogP contribution in [0.2, 0.25) is 0 Å². The van der Waals surface area contributed by atoms with Crippen LogP contribution < -0.4 is 5.43 Å². The Bertz CT molecular complexity index is 3630. The Morgan fingerprint density at radius 3 is 2.04 bits per heavy atom. The molecule has 0 unspecified atom stereocenters. The number of thiophene rings is 1. The number of rotatable bonds is 4. The summed E-state index contributed by atoms with van der Waals surface area (Å²) in [6, 6.07) is 59.6. The molecule has 4 heteroatoms. The summed E-state index contributed by atoms with van der Waals surface area (Å²) in [6.07, 6.45) is 7.88. The molecule has 0 spiro atoms. The molecule has 266 valence electrons. The van der Waals surface area contributed by atoms with Gasteiger partial charge in [0.15, 0.2) is 0 Å². The lowest BCUT2D eigenvalue weighted by Gasteiger charge is -2.21. The molecule has 0 radical (unpaired) electrons. The molecule has 1 aliphatic carbocycles. The number of hydrogen-bond donors (Lipinski definition) is 2. The first-order chi connectivity index (χ1) is 28.2. The maximum absolute atomic E-state index is 9.10. The first kappa shape index (κ1) is 32.0. The third kappa shape index (κ3) is 4.75. The lowest BCUT2D eigenvalue weighted by molar-refractivity contribution is 1.07. The maximum atomic E-state index is 9.10. The van der Waals surface area contributed by atoms with E-state index >= 15 is 0 Å². The third-order valence-corrected chi connectivity index (χ3v) is 13.0. The minimum atomic E-state index is 0.469. The van der Waals surface area contributed by atoms with Crippen LogP contribution in [0.5, 0.6) is 0 Å². The van der Waals surface area contributed by atoms with Crippen molar-refractivity contribution in [1.82, 2.24) is 4.68 Å². The van der Waals surface area contributed by atoms with E-state index in [-0.39, 0.29) is 0 Å². The first-order valence-electron chi connectivity index (χ1n) is 19.4. The van der Waals surface area contributed by atoms with Crippen molar-refractivity contribution in [1.29, 1.82) is 5.41 Å². The monoisotopic (exact) mass is 743 g/mol. The molecule has 2 heterocycles. The molecule has 0 amide bonds. The highest BCUT2D eigenvalue weighted by molar-refractivity contribution is 7.26. The normalized spacial score (nSPS) is 14.1. The Morgan fingerprint density at radius 1 is 0.491 bits per heavy atom. The zero-order valence-electron chi connectivity index (χ0n) is 30.8. The number of benzene rings is 9. The van der Waals surface area contributed by atoms with Gasteiger partial charge in [-0.25, -0.2) is 0 Å². The van der Waals surface area contributed by atoms with E-state index in [1.54, 1.807) is 0 Å². The molecule has 0 saturated heterocycles. The van der Waals surface area contributed by atoms with Gasteiger partial charge in [-0.05, 0) is 68.2 Å². The Labute approximate surface area is 332 Å². The van der Waals surface area contributed by atoms with Crippen LogP contribution in [0.4, 0.5) is 0 Å². The van der Waals surface area contributed by atoms with E-state index < -0.39 is 0 Å². The lowest BCUT2D eigenvalue weighted by atomic mass is 9.88. The topological polar surface area (TPSA) is 40.8 Å². The van der Waals surface area contributed by atoms with Gasteiger partial charge >= 0.3 is 0 Å². The molecular formula is C53H33N3S. The van der Waals surface area contributed by atoms with Crippen molar-refractivity contribution in [2.45, 2.75) is 0 Å². The second-order valence-electron chi connectivity index (χ2n) is 14.9. The van der Waals surface area contributed by atoms with Gasteiger partial charge in [-0.1, -0.05) is 158 Å². The molecule has 3 nitrogen and oxygen atoms in total. The van der Waals surface area contributed by atoms with Gasteiger partial charge in [-0.15, -0.1) is 11.3 Å². The molecule has 0 aliphatic heterocycles. The summed E-state index contributed by atoms with van der Waals surface area (Å²) in [7, 11) is 0. The van der Waals surface area contributed by atoms with Gasteiger partial charge in [-0.2, -0.15) is 0 Å². The van der Waals surface area contributed by atoms with Gasteiger partial charge < -0.3 is 5.41 Å². The minimum Gasteiger partial charge on any atom is -0.300 e. The summed E-state index contributed by atoms with van der Waals surface area (Å²) in [5.41, 5.74) is 11.9. The number of nitrogens with one attached hydrogen (secondary N) is 2. The van der Waals surface area contributed by atoms with Crippen LogP contribution in [0.1, 0.15) is 5.56 Å². The number of aromatic nitrogens is 1. The summed E-state index contributed by atoms with van der Waals surface area (Å²) in [5.74, 6) is 0. The largest absolute Gasteiger partial charge is 0.300 e. The van der Waals surface area contributed by atoms with Gasteiger partial charge in [0.25, 0.3) is 0 Å². The molecule has 2 aromatic heterocycles. The van der Waals surface area contributed by atoms with E-state index in [0.717, 1.165) is 33.3 Å². The van der Waals surface area contributed by atoms with E-state index in [1.807, 2.05) is 35.6 Å². The highest BCUT2D eigenvalue weighted by Crippen LogP contribution is 2.48. The van der Waals surface area contributed by atoms with Crippen molar-refractivity contribution >= 4 is 108 Å². The zero-order valence-corrected chi connectivity index (χ0v) is 31.6. The van der Waals surface area contributed by atoms with E-state index in [1.165, 1.54) is 79.8 Å². The number of para-hydroxylation sites is 1. The van der Waals surface area contributed by atoms with Crippen LogP contribution in [0.25, 0.3) is 102 Å². The Kier molecular flexibility index (Phi) is 6.95. The van der Waals surface area contributed by atoms with Crippen LogP contribution >= 0.6 is 11.3 Å². The van der Waals surface area contributed by atoms with E-state index in [0.29, 0.717) is 5.71 Å². The molecule has 2 N–H and O–H groups in total. The SMILES string of the molecule is N=C1C=CC=C/C1=C(/Nn1c2ccccc2c2c3c4ccccc4c(-c4cccc5c4sc4ccccc45)cc3c3ccccc3c21)c1ccc2ccccc2c1. The summed E-state index contributed by atoms with van der Waals surface area (Å²) in [5, 5.41) is 23.8. The zero-order chi connectivity index (χ0) is 37.6. The Hall–Kier alpha value is -7.27. The molecule has 57 heavy (non-hydrogen) atoms. The molecule has 1 aliphatic rings. The predicted octanol–water partition coefficient (Wildman–Crippen LogP) is 14.5. The summed E-state index contributed by atoms with van der Waals surface area (Å²) < 4.78 is 4.91. The second-order valence-corrected chi connectivity index (χ2v) is 15.9. The molecule has 9 aromatic carbocycles. The van der Waals surface area contributed by atoms with Crippen LogP contribution in [-0.2, 0) is 0 Å². The Balaban J connectivity index is 1.20. The highest BCUT2D eigenvalue weighted by atomic mass is 32.1. The molecule has 11 aromatic rings. The fourth-order valence-electron chi connectivity index (χ4n) is 9.27. The molecule has 0 atom stereocenters. The number of allylic oxidation sites excluding steroid dienone is 5. The smallest absolute Gasteiger partial charge is 0.0794 e. The standard InChI is InChI=1S/C53H33N3S/c54-46-25-10-7-21-42(46)51(34-29-28-32-14-1-2-15-33(32)30-34)55-56-47-26-11-8-22-43(47)50-49-38-19-5-3-16-35(38)44(31-45(49)36-17-4-6-20-39(36)52(50)56)41-24-13-23-40-37-18-9-12-27-48(37)57-53(40)41/h1-31,54-55H/b51-42-,54-46?. The van der Waals surface area contributed by atoms with Crippen LogP contribution in [0.15, 0.2) is 194 Å². The highest BCUT2D eigenvalue weighted by Gasteiger charge is 2.23. The molecular weight excluding hydrogens is 711 g/mol. The van der Waals surface area contributed by atoms with Crippen LogP contribution in [0, 0.1) is 5.41 Å². The van der Waals surface area contributed by atoms with Crippen molar-refractivity contribution in [3.05, 3.63) is 199 Å². The summed E-state index contributed by atoms with van der Waals surface area (Å²) in [6.45, 7) is 0. The van der Waals surface area contributed by atoms with E-state index in [9.17, 15) is 0 Å². The quantitative estimate of drug-likeness (QED) is 0.173. The summed E-state index contributed by atoms with van der Waals surface area (Å²) in [4.78, 5) is 0. The van der Waals surface area contributed by atoms with E-state index in [4.69, 9.17) is 5.41 Å². The van der Waals surface area contributed by atoms with Gasteiger partial charge in [0, 0.05) is 58.4 Å². The van der Waals surface area contributed by atoms with Gasteiger partial charge in [0.2, 0.25) is 0 Å². The van der Waals surface area contributed by atoms with Gasteiger partial charge in [-0.3, -0.25) is 10.1 Å². The van der Waals surface area contributed by atoms with Crippen molar-refractivity contribution in [2.24, 2.45) is 0 Å². The Morgan fingerprint density at radius 2 is 1.18 bits per heavy atom. The van der Waals surface area contributed by atoms with Crippen LogP contribution in [0.3, 0.4) is 0 Å². The predicted molar refractivity (Wildman–Crippen MR) is 247 cm³/mol. The summed E-state index contributed by atoms with van der Waals surface area (Å²) >= 11 is 1.88. The average Bonchev–Trinajstić information content (AvgIpc) is 3.81. The molecule has 0 fully saturated rings. The fraction of sp³-hybridized carbons (Fsp3) is 0. The number of hydrogen-bond acceptors (Lipinski definition) is 3. The molecule has 0 bridgehead atoms. The fourth-order valence-corrected chi connectivity index (χ4v) is 10.5. The first-order valence-corrected chi connectivity index (χ1v) is 20.2. The van der Waals surface area contributed by atoms with Crippen molar-refractivity contribution in [3.63, 3.8) is 0 Å².